The average molecular weight is 450 g/mol. The van der Waals surface area contributed by atoms with Gasteiger partial charge in [0.25, 0.3) is 0 Å². The van der Waals surface area contributed by atoms with Crippen molar-refractivity contribution in [3.8, 4) is 0 Å². The van der Waals surface area contributed by atoms with Gasteiger partial charge < -0.3 is 9.11 Å². The molecule has 157 valence electrons. The van der Waals surface area contributed by atoms with Crippen molar-refractivity contribution in [3.05, 3.63) is 0 Å². The maximum absolute atomic E-state index is 10.2. The van der Waals surface area contributed by atoms with Gasteiger partial charge in [0.15, 0.2) is 0 Å². The zero-order valence-electron chi connectivity index (χ0n) is 15.5. The van der Waals surface area contributed by atoms with Gasteiger partial charge in [-0.05, 0) is 12.8 Å². The quantitative estimate of drug-likeness (QED) is 0.226. The van der Waals surface area contributed by atoms with Gasteiger partial charge in [0.2, 0.25) is 0 Å². The third-order valence-electron chi connectivity index (χ3n) is 3.50. The Balaban J connectivity index is -0.000000372. The minimum Gasteiger partial charge on any atom is -0.748 e. The van der Waals surface area contributed by atoms with E-state index >= 15 is 0 Å². The molecule has 0 unspecified atom stereocenters. The minimum absolute atomic E-state index is 0. The molecule has 0 aromatic carbocycles. The summed E-state index contributed by atoms with van der Waals surface area (Å²) in [5.41, 5.74) is 0. The van der Waals surface area contributed by atoms with Gasteiger partial charge in [-0.2, -0.15) is 0 Å². The molecule has 0 N–H and O–H groups in total. The van der Waals surface area contributed by atoms with Gasteiger partial charge in [-0.25, -0.2) is 16.8 Å². The summed E-state index contributed by atoms with van der Waals surface area (Å²) in [5.74, 6) is -0.391. The molecule has 0 aliphatic carbocycles. The summed E-state index contributed by atoms with van der Waals surface area (Å²) in [4.78, 5) is 0. The third kappa shape index (κ3) is 36.1. The van der Waals surface area contributed by atoms with E-state index < -0.39 is 20.2 Å². The molecule has 0 aromatic rings. The fourth-order valence-electron chi connectivity index (χ4n) is 2.12. The molecule has 6 nitrogen and oxygen atoms in total. The van der Waals surface area contributed by atoms with Gasteiger partial charge >= 0.3 is 17.1 Å². The summed E-state index contributed by atoms with van der Waals surface area (Å²) in [6.45, 7) is 4.25. The van der Waals surface area contributed by atoms with Crippen molar-refractivity contribution in [1.29, 1.82) is 0 Å². The Kier molecular flexibility index (Phi) is 23.0. The topological polar surface area (TPSA) is 114 Å². The number of unbranched alkanes of at least 4 members (excludes halogenated alkanes) is 10. The van der Waals surface area contributed by atoms with Gasteiger partial charge in [-0.3, -0.25) is 0 Å². The van der Waals surface area contributed by atoms with E-state index in [1.165, 1.54) is 25.7 Å². The normalized spacial score (nSPS) is 11.4. The van der Waals surface area contributed by atoms with Gasteiger partial charge in [-0.1, -0.05) is 78.1 Å². The van der Waals surface area contributed by atoms with Crippen LogP contribution in [0.4, 0.5) is 0 Å². The fourth-order valence-corrected chi connectivity index (χ4v) is 3.23. The molecule has 0 aliphatic rings. The van der Waals surface area contributed by atoms with Crippen LogP contribution in [-0.2, 0) is 37.3 Å². The van der Waals surface area contributed by atoms with Crippen LogP contribution in [0, 0.1) is 0 Å². The predicted octanol–water partition coefficient (Wildman–Crippen LogP) is 3.78. The van der Waals surface area contributed by atoms with Crippen molar-refractivity contribution in [1.82, 2.24) is 0 Å². The predicted molar refractivity (Wildman–Crippen MR) is 95.9 cm³/mol. The van der Waals surface area contributed by atoms with Crippen molar-refractivity contribution in [2.75, 3.05) is 11.5 Å². The Morgan fingerprint density at radius 2 is 0.760 bits per heavy atom. The van der Waals surface area contributed by atoms with Crippen LogP contribution in [-0.4, -0.2) is 37.4 Å². The zero-order chi connectivity index (χ0) is 18.9. The fraction of sp³-hybridized carbons (Fsp3) is 1.00. The molecular weight excluding hydrogens is 416 g/mol. The van der Waals surface area contributed by atoms with Crippen molar-refractivity contribution in [2.24, 2.45) is 0 Å². The Morgan fingerprint density at radius 3 is 1.00 bits per heavy atom. The van der Waals surface area contributed by atoms with Crippen molar-refractivity contribution < 1.29 is 43.0 Å². The third-order valence-corrected chi connectivity index (χ3v) is 5.07. The molecule has 0 heterocycles. The molecule has 0 rings (SSSR count). The van der Waals surface area contributed by atoms with Crippen molar-refractivity contribution >= 4 is 20.2 Å². The van der Waals surface area contributed by atoms with E-state index in [9.17, 15) is 25.9 Å². The summed E-state index contributed by atoms with van der Waals surface area (Å²) in [5, 5.41) is 0. The van der Waals surface area contributed by atoms with Crippen LogP contribution in [0.25, 0.3) is 0 Å². The Bertz CT molecular complexity index is 419. The van der Waals surface area contributed by atoms with Crippen LogP contribution in [0.2, 0.25) is 0 Å². The molecule has 0 amide bonds. The van der Waals surface area contributed by atoms with Crippen LogP contribution in [0.3, 0.4) is 0 Å². The molecular formula is C16H34CuO6S2. The first kappa shape index (κ1) is 30.1. The average Bonchev–Trinajstić information content (AvgIpc) is 2.45. The maximum atomic E-state index is 10.2. The molecule has 0 saturated carbocycles. The number of rotatable bonds is 14. The molecule has 0 aliphatic heterocycles. The SMILES string of the molecule is CCCCCCCCS(=O)(=O)[O-].CCCCCCCCS(=O)(=O)[O-].[Cu+2]. The Hall–Kier alpha value is 0.339. The molecule has 0 fully saturated rings. The van der Waals surface area contributed by atoms with E-state index in [0.29, 0.717) is 12.8 Å². The molecule has 0 aromatic heterocycles. The van der Waals surface area contributed by atoms with Gasteiger partial charge in [-0.15, -0.1) is 0 Å². The second-order valence-corrected chi connectivity index (χ2v) is 9.11. The molecule has 0 bridgehead atoms. The molecule has 0 spiro atoms. The minimum atomic E-state index is -3.97. The standard InChI is InChI=1S/2C8H18O3S.Cu/c2*1-2-3-4-5-6-7-8-12(9,10)11;/h2*2-8H2,1H3,(H,9,10,11);/q;;+2/p-2. The summed E-state index contributed by atoms with van der Waals surface area (Å²) >= 11 is 0. The summed E-state index contributed by atoms with van der Waals surface area (Å²) in [6, 6.07) is 0. The second-order valence-electron chi connectivity index (χ2n) is 6.06. The van der Waals surface area contributed by atoms with E-state index in [0.717, 1.165) is 38.5 Å². The molecule has 25 heavy (non-hydrogen) atoms. The maximum Gasteiger partial charge on any atom is 2.00 e. The first-order valence-electron chi connectivity index (χ1n) is 8.99. The largest absolute Gasteiger partial charge is 2.00 e. The van der Waals surface area contributed by atoms with E-state index in [1.807, 2.05) is 0 Å². The summed E-state index contributed by atoms with van der Waals surface area (Å²) < 4.78 is 61.0. The van der Waals surface area contributed by atoms with Crippen LogP contribution in [0.1, 0.15) is 90.9 Å². The van der Waals surface area contributed by atoms with Crippen LogP contribution < -0.4 is 0 Å². The van der Waals surface area contributed by atoms with Crippen molar-refractivity contribution in [3.63, 3.8) is 0 Å². The second kappa shape index (κ2) is 19.1. The zero-order valence-corrected chi connectivity index (χ0v) is 18.0. The van der Waals surface area contributed by atoms with Gasteiger partial charge in [0, 0.05) is 11.5 Å². The van der Waals surface area contributed by atoms with Crippen molar-refractivity contribution in [2.45, 2.75) is 90.9 Å². The molecule has 0 saturated heterocycles. The number of hydrogen-bond acceptors (Lipinski definition) is 6. The van der Waals surface area contributed by atoms with Crippen LogP contribution in [0.5, 0.6) is 0 Å². The first-order valence-corrected chi connectivity index (χ1v) is 12.1. The molecule has 9 heteroatoms. The summed E-state index contributed by atoms with van der Waals surface area (Å²) in [7, 11) is -7.93. The molecule has 0 atom stereocenters. The van der Waals surface area contributed by atoms with E-state index in [4.69, 9.17) is 0 Å². The van der Waals surface area contributed by atoms with Crippen LogP contribution in [0.15, 0.2) is 0 Å². The van der Waals surface area contributed by atoms with E-state index in [-0.39, 0.29) is 28.6 Å². The van der Waals surface area contributed by atoms with Gasteiger partial charge in [0.1, 0.15) is 0 Å². The Labute approximate surface area is 165 Å². The first-order chi connectivity index (χ1) is 11.1. The smallest absolute Gasteiger partial charge is 0.748 e. The number of hydrogen-bond donors (Lipinski definition) is 0. The molecule has 1 radical (unpaired) electrons. The Morgan fingerprint density at radius 1 is 0.520 bits per heavy atom. The van der Waals surface area contributed by atoms with Gasteiger partial charge in [0.05, 0.1) is 20.2 Å². The monoisotopic (exact) mass is 449 g/mol. The summed E-state index contributed by atoms with van der Waals surface area (Å²) in [6.07, 6.45) is 11.9. The van der Waals surface area contributed by atoms with E-state index in [2.05, 4.69) is 13.8 Å². The van der Waals surface area contributed by atoms with E-state index in [1.54, 1.807) is 0 Å². The van der Waals surface area contributed by atoms with Crippen LogP contribution >= 0.6 is 0 Å².